The number of esters is 2. The Labute approximate surface area is 170 Å². The quantitative estimate of drug-likeness (QED) is 0.465. The second-order valence-corrected chi connectivity index (χ2v) is 6.68. The van der Waals surface area contributed by atoms with Crippen molar-refractivity contribution in [2.45, 2.75) is 38.9 Å². The predicted molar refractivity (Wildman–Crippen MR) is 108 cm³/mol. The number of hydrogen-bond acceptors (Lipinski definition) is 5. The molecule has 0 saturated carbocycles. The summed E-state index contributed by atoms with van der Waals surface area (Å²) in [5.74, 6) is -0.712. The Morgan fingerprint density at radius 2 is 1.72 bits per heavy atom. The van der Waals surface area contributed by atoms with Gasteiger partial charge >= 0.3 is 11.9 Å². The van der Waals surface area contributed by atoms with E-state index in [1.54, 1.807) is 48.5 Å². The van der Waals surface area contributed by atoms with Gasteiger partial charge in [0.25, 0.3) is 0 Å². The molecule has 0 aliphatic heterocycles. The van der Waals surface area contributed by atoms with Crippen molar-refractivity contribution in [1.29, 1.82) is 0 Å². The zero-order valence-electron chi connectivity index (χ0n) is 16.4. The first-order valence-corrected chi connectivity index (χ1v) is 9.71. The minimum atomic E-state index is -1.15. The fourth-order valence-corrected chi connectivity index (χ4v) is 2.86. The third kappa shape index (κ3) is 5.82. The molecule has 2 aromatic carbocycles. The average molecular weight is 392 g/mol. The summed E-state index contributed by atoms with van der Waals surface area (Å²) in [7, 11) is 0. The van der Waals surface area contributed by atoms with Crippen LogP contribution in [0.5, 0.6) is 0 Å². The number of benzene rings is 2. The Morgan fingerprint density at radius 3 is 2.38 bits per heavy atom. The van der Waals surface area contributed by atoms with E-state index in [-0.39, 0.29) is 6.61 Å². The summed E-state index contributed by atoms with van der Waals surface area (Å²) in [6.07, 6.45) is 3.53. The van der Waals surface area contributed by atoms with E-state index < -0.39 is 18.0 Å². The van der Waals surface area contributed by atoms with Crippen molar-refractivity contribution >= 4 is 11.9 Å². The highest BCUT2D eigenvalue weighted by Gasteiger charge is 2.27. The van der Waals surface area contributed by atoms with Crippen LogP contribution in [0.25, 0.3) is 0 Å². The van der Waals surface area contributed by atoms with E-state index in [0.717, 1.165) is 19.3 Å². The van der Waals surface area contributed by atoms with Gasteiger partial charge < -0.3 is 13.9 Å². The lowest BCUT2D eigenvalue weighted by Gasteiger charge is -2.17. The maximum atomic E-state index is 12.6. The van der Waals surface area contributed by atoms with E-state index in [2.05, 4.69) is 6.92 Å². The lowest BCUT2D eigenvalue weighted by molar-refractivity contribution is -0.156. The van der Waals surface area contributed by atoms with Crippen molar-refractivity contribution in [3.63, 3.8) is 0 Å². The molecule has 0 fully saturated rings. The van der Waals surface area contributed by atoms with Crippen LogP contribution in [0.3, 0.4) is 0 Å². The molecule has 5 heteroatoms. The minimum Gasteiger partial charge on any atom is -0.466 e. The fourth-order valence-electron chi connectivity index (χ4n) is 2.86. The highest BCUT2D eigenvalue weighted by atomic mass is 16.6. The van der Waals surface area contributed by atoms with E-state index in [1.165, 1.54) is 11.8 Å². The Morgan fingerprint density at radius 1 is 0.966 bits per heavy atom. The van der Waals surface area contributed by atoms with Crippen LogP contribution < -0.4 is 0 Å². The number of rotatable bonds is 9. The molecule has 3 aromatic rings. The van der Waals surface area contributed by atoms with E-state index in [0.29, 0.717) is 16.9 Å². The summed E-state index contributed by atoms with van der Waals surface area (Å²) in [4.78, 5) is 25.3. The van der Waals surface area contributed by atoms with E-state index in [9.17, 15) is 9.59 Å². The molecule has 3 rings (SSSR count). The average Bonchev–Trinajstić information content (AvgIpc) is 3.29. The molecule has 0 bridgehead atoms. The van der Waals surface area contributed by atoms with Crippen LogP contribution in [0.2, 0.25) is 0 Å². The van der Waals surface area contributed by atoms with Crippen LogP contribution in [0.4, 0.5) is 0 Å². The number of furan rings is 1. The molecular formula is C24H24O5. The molecule has 1 atom stereocenters. The predicted octanol–water partition coefficient (Wildman–Crippen LogP) is 5.26. The molecule has 1 aromatic heterocycles. The van der Waals surface area contributed by atoms with Crippen molar-refractivity contribution in [2.24, 2.45) is 0 Å². The summed E-state index contributed by atoms with van der Waals surface area (Å²) in [6.45, 7) is 2.11. The molecule has 0 N–H and O–H groups in total. The second-order valence-electron chi connectivity index (χ2n) is 6.68. The smallest absolute Gasteiger partial charge is 0.352 e. The van der Waals surface area contributed by atoms with Gasteiger partial charge in [0, 0.05) is 5.56 Å². The normalized spacial score (nSPS) is 11.6. The first-order chi connectivity index (χ1) is 14.2. The van der Waals surface area contributed by atoms with Gasteiger partial charge in [-0.2, -0.15) is 0 Å². The monoisotopic (exact) mass is 392 g/mol. The van der Waals surface area contributed by atoms with Crippen LogP contribution in [-0.2, 0) is 27.3 Å². The Bertz CT molecular complexity index is 898. The summed E-state index contributed by atoms with van der Waals surface area (Å²) in [5.41, 5.74) is 2.11. The third-order valence-electron chi connectivity index (χ3n) is 4.49. The van der Waals surface area contributed by atoms with E-state index in [1.807, 2.05) is 18.2 Å². The lowest BCUT2D eigenvalue weighted by atomic mass is 10.1. The van der Waals surface area contributed by atoms with Crippen LogP contribution >= 0.6 is 0 Å². The lowest BCUT2D eigenvalue weighted by Crippen LogP contribution is -2.22. The SMILES string of the molecule is CCCCc1ccc(C(=O)OC(C(=O)OCc2ccco2)c2ccccc2)cc1. The van der Waals surface area contributed by atoms with Crippen molar-refractivity contribution in [1.82, 2.24) is 0 Å². The molecule has 5 nitrogen and oxygen atoms in total. The van der Waals surface area contributed by atoms with Crippen LogP contribution in [-0.4, -0.2) is 11.9 Å². The third-order valence-corrected chi connectivity index (χ3v) is 4.49. The van der Waals surface area contributed by atoms with E-state index >= 15 is 0 Å². The number of aryl methyl sites for hydroxylation is 1. The highest BCUT2D eigenvalue weighted by Crippen LogP contribution is 2.22. The van der Waals surface area contributed by atoms with Gasteiger partial charge in [-0.05, 0) is 42.7 Å². The van der Waals surface area contributed by atoms with Gasteiger partial charge in [0.1, 0.15) is 12.4 Å². The molecule has 1 unspecified atom stereocenters. The molecule has 0 amide bonds. The van der Waals surface area contributed by atoms with Crippen molar-refractivity contribution in [3.05, 3.63) is 95.4 Å². The van der Waals surface area contributed by atoms with Crippen LogP contribution in [0.1, 0.15) is 53.1 Å². The molecule has 0 saturated heterocycles. The Hall–Kier alpha value is -3.34. The summed E-state index contributed by atoms with van der Waals surface area (Å²) in [5, 5.41) is 0. The molecule has 29 heavy (non-hydrogen) atoms. The Balaban J connectivity index is 1.70. The number of hydrogen-bond donors (Lipinski definition) is 0. The van der Waals surface area contributed by atoms with Crippen LogP contribution in [0.15, 0.2) is 77.4 Å². The molecule has 0 aliphatic rings. The molecule has 0 spiro atoms. The molecule has 150 valence electrons. The molecule has 1 heterocycles. The summed E-state index contributed by atoms with van der Waals surface area (Å²) < 4.78 is 16.0. The highest BCUT2D eigenvalue weighted by molar-refractivity contribution is 5.91. The largest absolute Gasteiger partial charge is 0.466 e. The zero-order chi connectivity index (χ0) is 20.5. The summed E-state index contributed by atoms with van der Waals surface area (Å²) >= 11 is 0. The fraction of sp³-hybridized carbons (Fsp3) is 0.250. The van der Waals surface area contributed by atoms with Gasteiger partial charge in [-0.1, -0.05) is 55.8 Å². The van der Waals surface area contributed by atoms with Crippen molar-refractivity contribution in [3.8, 4) is 0 Å². The zero-order valence-corrected chi connectivity index (χ0v) is 16.4. The second kappa shape index (κ2) is 10.3. The minimum absolute atomic E-state index is 0.0289. The van der Waals surface area contributed by atoms with Gasteiger partial charge in [0.2, 0.25) is 6.10 Å². The summed E-state index contributed by atoms with van der Waals surface area (Å²) in [6, 6.07) is 19.5. The van der Waals surface area contributed by atoms with Gasteiger partial charge in [0.05, 0.1) is 11.8 Å². The van der Waals surface area contributed by atoms with Crippen molar-refractivity contribution in [2.75, 3.05) is 0 Å². The Kier molecular flexibility index (Phi) is 7.22. The molecular weight excluding hydrogens is 368 g/mol. The maximum Gasteiger partial charge on any atom is 0.352 e. The number of ether oxygens (including phenoxy) is 2. The van der Waals surface area contributed by atoms with Crippen molar-refractivity contribution < 1.29 is 23.5 Å². The van der Waals surface area contributed by atoms with Gasteiger partial charge in [-0.3, -0.25) is 0 Å². The molecule has 0 aliphatic carbocycles. The molecule has 0 radical (unpaired) electrons. The topological polar surface area (TPSA) is 65.7 Å². The van der Waals surface area contributed by atoms with Gasteiger partial charge in [-0.15, -0.1) is 0 Å². The van der Waals surface area contributed by atoms with Gasteiger partial charge in [0.15, 0.2) is 0 Å². The maximum absolute atomic E-state index is 12.6. The number of carbonyl (C=O) groups excluding carboxylic acids is 2. The first kappa shape index (κ1) is 20.4. The van der Waals surface area contributed by atoms with E-state index in [4.69, 9.17) is 13.9 Å². The van der Waals surface area contributed by atoms with Crippen LogP contribution in [0, 0.1) is 0 Å². The first-order valence-electron chi connectivity index (χ1n) is 9.71. The van der Waals surface area contributed by atoms with Gasteiger partial charge in [-0.25, -0.2) is 9.59 Å². The number of unbranched alkanes of at least 4 members (excludes halogenated alkanes) is 1. The number of carbonyl (C=O) groups is 2. The standard InChI is InChI=1S/C24H24O5/c1-2-3-8-18-12-14-20(15-13-18)23(25)29-22(19-9-5-4-6-10-19)24(26)28-17-21-11-7-16-27-21/h4-7,9-16,22H,2-3,8,17H2,1H3.